The smallest absolute Gasteiger partial charge is 0.289 e. The Morgan fingerprint density at radius 2 is 1.37 bits per heavy atom. The molecule has 0 aliphatic rings. The lowest BCUT2D eigenvalue weighted by molar-refractivity contribution is -0.633. The normalized spacial score (nSPS) is 12.7. The molecule has 5 aromatic carbocycles. The van der Waals surface area contributed by atoms with Crippen molar-refractivity contribution in [3.05, 3.63) is 119 Å². The van der Waals surface area contributed by atoms with Gasteiger partial charge >= 0.3 is 6.18 Å². The van der Waals surface area contributed by atoms with Crippen LogP contribution in [0, 0.1) is 6.92 Å². The molecule has 0 fully saturated rings. The summed E-state index contributed by atoms with van der Waals surface area (Å²) in [6, 6.07) is 30.1. The Hall–Kier alpha value is -4.95. The van der Waals surface area contributed by atoms with Crippen molar-refractivity contribution in [3.63, 3.8) is 0 Å². The van der Waals surface area contributed by atoms with Crippen LogP contribution in [0.15, 0.2) is 91.0 Å². The molecule has 0 saturated carbocycles. The van der Waals surface area contributed by atoms with Gasteiger partial charge in [-0.3, -0.25) is 4.57 Å². The Balaban J connectivity index is 1.48. The predicted molar refractivity (Wildman–Crippen MR) is 209 cm³/mol. The number of rotatable bonds is 6. The maximum absolute atomic E-state index is 14.4. The van der Waals surface area contributed by atoms with Gasteiger partial charge in [-0.05, 0) is 72.2 Å². The van der Waals surface area contributed by atoms with Crippen molar-refractivity contribution in [3.8, 4) is 22.8 Å². The van der Waals surface area contributed by atoms with Crippen LogP contribution < -0.4 is 4.57 Å². The Kier molecular flexibility index (Phi) is 8.10. The van der Waals surface area contributed by atoms with Gasteiger partial charge < -0.3 is 0 Å². The van der Waals surface area contributed by atoms with E-state index in [4.69, 9.17) is 0 Å². The largest absolute Gasteiger partial charge is 0.450 e. The summed E-state index contributed by atoms with van der Waals surface area (Å²) >= 11 is 1.63. The molecule has 0 atom stereocenters. The van der Waals surface area contributed by atoms with Gasteiger partial charge in [0.15, 0.2) is 11.0 Å². The summed E-state index contributed by atoms with van der Waals surface area (Å²) in [6.45, 7) is 15.8. The summed E-state index contributed by atoms with van der Waals surface area (Å²) in [5.41, 5.74) is 10.9. The minimum Gasteiger partial charge on any atom is -0.289 e. The molecule has 0 aliphatic carbocycles. The number of alkyl halides is 3. The number of nitrogens with zero attached hydrogens (tertiary/aromatic N) is 4. The van der Waals surface area contributed by atoms with Crippen molar-refractivity contribution in [2.75, 3.05) is 0 Å². The summed E-state index contributed by atoms with van der Waals surface area (Å²) in [7, 11) is 2.14. The number of benzene rings is 5. The van der Waals surface area contributed by atoms with Crippen LogP contribution in [-0.4, -0.2) is 14.1 Å². The van der Waals surface area contributed by atoms with Gasteiger partial charge in [0, 0.05) is 32.3 Å². The molecule has 3 heterocycles. The lowest BCUT2D eigenvalue weighted by Gasteiger charge is -2.22. The van der Waals surface area contributed by atoms with E-state index in [0.717, 1.165) is 48.2 Å². The minimum atomic E-state index is -4.62. The molecule has 8 aromatic rings. The van der Waals surface area contributed by atoms with Gasteiger partial charge in [0.2, 0.25) is 5.82 Å². The third-order valence-corrected chi connectivity index (χ3v) is 11.6. The molecule has 8 heteroatoms. The highest BCUT2D eigenvalue weighted by atomic mass is 32.1. The van der Waals surface area contributed by atoms with Gasteiger partial charge in [0.25, 0.3) is 5.82 Å². The third-order valence-electron chi connectivity index (χ3n) is 10.5. The fourth-order valence-electron chi connectivity index (χ4n) is 7.81. The van der Waals surface area contributed by atoms with Crippen molar-refractivity contribution < 1.29 is 17.7 Å². The summed E-state index contributed by atoms with van der Waals surface area (Å²) in [5.74, 6) is 1.11. The number of halogens is 3. The van der Waals surface area contributed by atoms with Crippen LogP contribution >= 0.6 is 11.3 Å². The molecule has 0 saturated heterocycles. The SMILES string of the molecule is Cc1ccc2c(sc3cc4c(cc32)nc(C(F)(F)F)n4-c2ccccc2)c1-c1n(-c2c(C(C)C)cc(C(C)C)cc2C(C)C)c2ccccc2[n+]1C. The molecule has 0 bridgehead atoms. The number of imidazole rings is 2. The lowest BCUT2D eigenvalue weighted by atomic mass is 9.87. The maximum Gasteiger partial charge on any atom is 0.450 e. The fraction of sp³-hybridized carbons (Fsp3) is 0.273. The van der Waals surface area contributed by atoms with Crippen LogP contribution in [0.25, 0.3) is 65.0 Å². The standard InChI is InChI=1S/C44H42F3N4S/c1-24(2)28-20-31(25(3)4)40(32(21-28)26(5)6)51-36-17-13-12-16-35(36)49(8)42(51)39-27(7)18-19-30-33-22-34-37(23-38(33)52-41(30)39)50(29-14-10-9-11-15-29)43(48-34)44(45,46)47/h9-26H,1-8H3/q+1. The van der Waals surface area contributed by atoms with Crippen molar-refractivity contribution >= 4 is 53.6 Å². The molecular weight excluding hydrogens is 674 g/mol. The first kappa shape index (κ1) is 34.2. The average Bonchev–Trinajstić information content (AvgIpc) is 3.76. The molecule has 52 heavy (non-hydrogen) atoms. The summed E-state index contributed by atoms with van der Waals surface area (Å²) in [6.07, 6.45) is -4.62. The molecule has 3 aromatic heterocycles. The number of thiophene rings is 1. The quantitative estimate of drug-likeness (QED) is 0.157. The van der Waals surface area contributed by atoms with Crippen molar-refractivity contribution in [2.24, 2.45) is 7.05 Å². The lowest BCUT2D eigenvalue weighted by Crippen LogP contribution is -2.30. The minimum absolute atomic E-state index is 0.281. The summed E-state index contributed by atoms with van der Waals surface area (Å²) in [5, 5.41) is 1.91. The summed E-state index contributed by atoms with van der Waals surface area (Å²) in [4.78, 5) is 4.20. The van der Waals surface area contributed by atoms with Crippen LogP contribution in [0.1, 0.15) is 87.4 Å². The monoisotopic (exact) mass is 715 g/mol. The molecular formula is C44H42F3N4S+. The number of para-hydroxylation sites is 3. The average molecular weight is 716 g/mol. The van der Waals surface area contributed by atoms with E-state index in [9.17, 15) is 13.2 Å². The van der Waals surface area contributed by atoms with Gasteiger partial charge in [0.1, 0.15) is 5.69 Å². The Bertz CT molecular complexity index is 2640. The van der Waals surface area contributed by atoms with E-state index in [1.165, 1.54) is 26.9 Å². The van der Waals surface area contributed by atoms with Crippen molar-refractivity contribution in [1.29, 1.82) is 0 Å². The highest BCUT2D eigenvalue weighted by molar-refractivity contribution is 7.26. The second-order valence-electron chi connectivity index (χ2n) is 14.9. The van der Waals surface area contributed by atoms with Gasteiger partial charge in [-0.1, -0.05) is 96.1 Å². The van der Waals surface area contributed by atoms with E-state index in [-0.39, 0.29) is 11.8 Å². The van der Waals surface area contributed by atoms with E-state index in [1.807, 2.05) is 12.1 Å². The fourth-order valence-corrected chi connectivity index (χ4v) is 9.12. The first-order chi connectivity index (χ1) is 24.8. The maximum atomic E-state index is 14.4. The molecule has 0 amide bonds. The van der Waals surface area contributed by atoms with Crippen molar-refractivity contribution in [1.82, 2.24) is 14.1 Å². The van der Waals surface area contributed by atoms with E-state index in [0.29, 0.717) is 22.6 Å². The zero-order valence-corrected chi connectivity index (χ0v) is 31.5. The molecule has 0 N–H and O–H groups in total. The number of fused-ring (bicyclic) bond motifs is 5. The number of hydrogen-bond donors (Lipinski definition) is 0. The Morgan fingerprint density at radius 1 is 0.712 bits per heavy atom. The van der Waals surface area contributed by atoms with Gasteiger partial charge in [-0.15, -0.1) is 11.3 Å². The topological polar surface area (TPSA) is 26.6 Å². The zero-order chi connectivity index (χ0) is 36.8. The highest BCUT2D eigenvalue weighted by Crippen LogP contribution is 2.46. The van der Waals surface area contributed by atoms with Crippen LogP contribution in [0.2, 0.25) is 0 Å². The van der Waals surface area contributed by atoms with E-state index in [2.05, 4.69) is 118 Å². The van der Waals surface area contributed by atoms with Crippen molar-refractivity contribution in [2.45, 2.75) is 72.4 Å². The molecule has 0 radical (unpaired) electrons. The predicted octanol–water partition coefficient (Wildman–Crippen LogP) is 12.5. The number of aromatic nitrogens is 4. The second kappa shape index (κ2) is 12.3. The highest BCUT2D eigenvalue weighted by Gasteiger charge is 2.39. The van der Waals surface area contributed by atoms with Gasteiger partial charge in [-0.2, -0.15) is 17.7 Å². The van der Waals surface area contributed by atoms with Gasteiger partial charge in [0.05, 0.1) is 28.3 Å². The molecule has 264 valence electrons. The first-order valence-electron chi connectivity index (χ1n) is 17.9. The third kappa shape index (κ3) is 5.25. The summed E-state index contributed by atoms with van der Waals surface area (Å²) < 4.78 is 51.3. The van der Waals surface area contributed by atoms with Crippen LogP contribution in [0.5, 0.6) is 0 Å². The van der Waals surface area contributed by atoms with Crippen LogP contribution in [-0.2, 0) is 13.2 Å². The molecule has 0 aliphatic heterocycles. The molecule has 8 rings (SSSR count). The molecule has 4 nitrogen and oxygen atoms in total. The zero-order valence-electron chi connectivity index (χ0n) is 30.7. The van der Waals surface area contributed by atoms with E-state index >= 15 is 0 Å². The first-order valence-corrected chi connectivity index (χ1v) is 18.8. The van der Waals surface area contributed by atoms with Crippen LogP contribution in [0.3, 0.4) is 0 Å². The van der Waals surface area contributed by atoms with E-state index < -0.39 is 12.0 Å². The molecule has 0 unspecified atom stereocenters. The van der Waals surface area contributed by atoms with E-state index in [1.54, 1.807) is 41.7 Å². The number of hydrogen-bond acceptors (Lipinski definition) is 2. The number of aryl methyl sites for hydroxylation is 2. The second-order valence-corrected chi connectivity index (χ2v) is 15.9. The Morgan fingerprint density at radius 3 is 2.00 bits per heavy atom. The van der Waals surface area contributed by atoms with Gasteiger partial charge in [-0.25, -0.2) is 9.55 Å². The Labute approximate surface area is 305 Å². The van der Waals surface area contributed by atoms with Crippen LogP contribution in [0.4, 0.5) is 13.2 Å². The molecule has 0 spiro atoms.